The van der Waals surface area contributed by atoms with Gasteiger partial charge in [-0.2, -0.15) is 0 Å². The first-order valence-electron chi connectivity index (χ1n) is 5.48. The summed E-state index contributed by atoms with van der Waals surface area (Å²) in [4.78, 5) is 4.44. The standard InChI is InChI=1S/C11H16N4S/c1-5-8(3)16-11-14-13-10-6-7(2)12-9(4)15(10)11/h6,8H,5H2,1-4H3. The average molecular weight is 236 g/mol. The van der Waals surface area contributed by atoms with Gasteiger partial charge in [0.1, 0.15) is 5.82 Å². The highest BCUT2D eigenvalue weighted by molar-refractivity contribution is 7.99. The second-order valence-corrected chi connectivity index (χ2v) is 5.36. The SMILES string of the molecule is CCC(C)Sc1nnc2cc(C)nc(C)n12. The van der Waals surface area contributed by atoms with E-state index in [1.54, 1.807) is 11.8 Å². The van der Waals surface area contributed by atoms with E-state index in [4.69, 9.17) is 0 Å². The Bertz CT molecular complexity index is 506. The molecule has 0 aliphatic rings. The third kappa shape index (κ3) is 2.04. The van der Waals surface area contributed by atoms with Crippen LogP contribution < -0.4 is 0 Å². The summed E-state index contributed by atoms with van der Waals surface area (Å²) in [6.07, 6.45) is 1.12. The van der Waals surface area contributed by atoms with Gasteiger partial charge in [-0.15, -0.1) is 10.2 Å². The Morgan fingerprint density at radius 3 is 2.81 bits per heavy atom. The van der Waals surface area contributed by atoms with Crippen molar-refractivity contribution in [3.8, 4) is 0 Å². The van der Waals surface area contributed by atoms with Crippen LogP contribution in [0, 0.1) is 13.8 Å². The molecule has 2 aromatic heterocycles. The van der Waals surface area contributed by atoms with Crippen molar-refractivity contribution in [3.05, 3.63) is 17.6 Å². The molecule has 5 heteroatoms. The minimum atomic E-state index is 0.549. The fourth-order valence-corrected chi connectivity index (χ4v) is 2.49. The van der Waals surface area contributed by atoms with Crippen molar-refractivity contribution in [2.45, 2.75) is 44.5 Å². The van der Waals surface area contributed by atoms with Gasteiger partial charge in [0, 0.05) is 17.0 Å². The topological polar surface area (TPSA) is 43.1 Å². The maximum atomic E-state index is 4.44. The largest absolute Gasteiger partial charge is 0.258 e. The lowest BCUT2D eigenvalue weighted by atomic mass is 10.4. The van der Waals surface area contributed by atoms with E-state index in [-0.39, 0.29) is 0 Å². The minimum Gasteiger partial charge on any atom is -0.258 e. The van der Waals surface area contributed by atoms with Gasteiger partial charge in [-0.25, -0.2) is 4.98 Å². The van der Waals surface area contributed by atoms with E-state index in [1.165, 1.54) is 0 Å². The van der Waals surface area contributed by atoms with Gasteiger partial charge in [0.25, 0.3) is 0 Å². The molecule has 2 aromatic rings. The molecule has 0 fully saturated rings. The van der Waals surface area contributed by atoms with Crippen LogP contribution in [0.15, 0.2) is 11.2 Å². The molecule has 16 heavy (non-hydrogen) atoms. The van der Waals surface area contributed by atoms with E-state index < -0.39 is 0 Å². The number of aryl methyl sites for hydroxylation is 2. The molecule has 0 saturated carbocycles. The summed E-state index contributed by atoms with van der Waals surface area (Å²) in [5.74, 6) is 0.950. The molecule has 86 valence electrons. The molecule has 1 atom stereocenters. The number of rotatable bonds is 3. The Hall–Kier alpha value is -1.10. The van der Waals surface area contributed by atoms with Crippen LogP contribution in [0.5, 0.6) is 0 Å². The Morgan fingerprint density at radius 1 is 1.38 bits per heavy atom. The summed E-state index contributed by atoms with van der Waals surface area (Å²) < 4.78 is 2.02. The molecule has 4 nitrogen and oxygen atoms in total. The summed E-state index contributed by atoms with van der Waals surface area (Å²) >= 11 is 1.75. The van der Waals surface area contributed by atoms with Gasteiger partial charge in [0.2, 0.25) is 0 Å². The highest BCUT2D eigenvalue weighted by atomic mass is 32.2. The molecule has 1 unspecified atom stereocenters. The number of nitrogens with zero attached hydrogens (tertiary/aromatic N) is 4. The Labute approximate surface area is 99.5 Å². The summed E-state index contributed by atoms with van der Waals surface area (Å²) in [6.45, 7) is 8.34. The quantitative estimate of drug-likeness (QED) is 0.768. The van der Waals surface area contributed by atoms with Crippen LogP contribution in [0.1, 0.15) is 31.8 Å². The lowest BCUT2D eigenvalue weighted by Crippen LogP contribution is -2.01. The summed E-state index contributed by atoms with van der Waals surface area (Å²) in [5, 5.41) is 9.89. The first-order chi connectivity index (χ1) is 7.61. The van der Waals surface area contributed by atoms with Gasteiger partial charge < -0.3 is 0 Å². The van der Waals surface area contributed by atoms with Crippen molar-refractivity contribution in [2.75, 3.05) is 0 Å². The Balaban J connectivity index is 2.48. The molecule has 2 heterocycles. The van der Waals surface area contributed by atoms with Crippen molar-refractivity contribution in [1.29, 1.82) is 0 Å². The zero-order valence-corrected chi connectivity index (χ0v) is 10.9. The van der Waals surface area contributed by atoms with E-state index in [9.17, 15) is 0 Å². The third-order valence-corrected chi connectivity index (χ3v) is 3.75. The molecule has 0 bridgehead atoms. The normalized spacial score (nSPS) is 13.2. The highest BCUT2D eigenvalue weighted by Crippen LogP contribution is 2.24. The zero-order valence-electron chi connectivity index (χ0n) is 10.1. The van der Waals surface area contributed by atoms with Crippen molar-refractivity contribution in [3.63, 3.8) is 0 Å². The maximum absolute atomic E-state index is 4.44. The maximum Gasteiger partial charge on any atom is 0.197 e. The fraction of sp³-hybridized carbons (Fsp3) is 0.545. The third-order valence-electron chi connectivity index (χ3n) is 2.54. The molecule has 2 rings (SSSR count). The summed E-state index contributed by atoms with van der Waals surface area (Å²) in [6, 6.07) is 1.96. The number of fused-ring (bicyclic) bond motifs is 1. The minimum absolute atomic E-state index is 0.549. The predicted octanol–water partition coefficient (Wildman–Crippen LogP) is 2.63. The van der Waals surface area contributed by atoms with Crippen LogP contribution in [0.25, 0.3) is 5.65 Å². The predicted molar refractivity (Wildman–Crippen MR) is 65.9 cm³/mol. The first kappa shape index (κ1) is 11.4. The van der Waals surface area contributed by atoms with Crippen molar-refractivity contribution in [1.82, 2.24) is 19.6 Å². The Morgan fingerprint density at radius 2 is 2.12 bits per heavy atom. The van der Waals surface area contributed by atoms with Gasteiger partial charge in [0.05, 0.1) is 0 Å². The molecule has 0 N–H and O–H groups in total. The van der Waals surface area contributed by atoms with E-state index in [1.807, 2.05) is 24.3 Å². The molecule has 0 aliphatic carbocycles. The van der Waals surface area contributed by atoms with Crippen LogP contribution >= 0.6 is 11.8 Å². The molecule has 0 aliphatic heterocycles. The highest BCUT2D eigenvalue weighted by Gasteiger charge is 2.12. The first-order valence-corrected chi connectivity index (χ1v) is 6.35. The van der Waals surface area contributed by atoms with Crippen LogP contribution in [0.4, 0.5) is 0 Å². The average Bonchev–Trinajstić information content (AvgIpc) is 2.61. The van der Waals surface area contributed by atoms with Crippen LogP contribution in [-0.4, -0.2) is 24.8 Å². The van der Waals surface area contributed by atoms with Crippen molar-refractivity contribution >= 4 is 17.4 Å². The van der Waals surface area contributed by atoms with Crippen LogP contribution in [-0.2, 0) is 0 Å². The fourth-order valence-electron chi connectivity index (χ4n) is 1.54. The molecule has 0 saturated heterocycles. The van der Waals surface area contributed by atoms with Gasteiger partial charge in [0.15, 0.2) is 10.8 Å². The molecule has 0 spiro atoms. The second-order valence-electron chi connectivity index (χ2n) is 3.96. The number of hydrogen-bond acceptors (Lipinski definition) is 4. The van der Waals surface area contributed by atoms with Gasteiger partial charge >= 0.3 is 0 Å². The lowest BCUT2D eigenvalue weighted by Gasteiger charge is -2.07. The summed E-state index contributed by atoms with van der Waals surface area (Å²) in [7, 11) is 0. The van der Waals surface area contributed by atoms with Crippen LogP contribution in [0.3, 0.4) is 0 Å². The number of thioether (sulfide) groups is 1. The smallest absolute Gasteiger partial charge is 0.197 e. The number of aromatic nitrogens is 4. The van der Waals surface area contributed by atoms with Gasteiger partial charge in [-0.3, -0.25) is 4.40 Å². The second kappa shape index (κ2) is 4.41. The van der Waals surface area contributed by atoms with Crippen molar-refractivity contribution in [2.24, 2.45) is 0 Å². The van der Waals surface area contributed by atoms with Crippen LogP contribution in [0.2, 0.25) is 0 Å². The molecule has 0 aromatic carbocycles. The molecule has 0 amide bonds. The van der Waals surface area contributed by atoms with Gasteiger partial charge in [-0.05, 0) is 20.3 Å². The Kier molecular flexibility index (Phi) is 3.14. The van der Waals surface area contributed by atoms with E-state index in [2.05, 4.69) is 29.0 Å². The van der Waals surface area contributed by atoms with E-state index in [0.29, 0.717) is 5.25 Å². The van der Waals surface area contributed by atoms with Crippen molar-refractivity contribution < 1.29 is 0 Å². The van der Waals surface area contributed by atoms with E-state index in [0.717, 1.165) is 28.7 Å². The summed E-state index contributed by atoms with van der Waals surface area (Å²) in [5.41, 5.74) is 1.87. The van der Waals surface area contributed by atoms with Gasteiger partial charge in [-0.1, -0.05) is 25.6 Å². The monoisotopic (exact) mass is 236 g/mol. The number of hydrogen-bond donors (Lipinski definition) is 0. The molecule has 0 radical (unpaired) electrons. The zero-order chi connectivity index (χ0) is 11.7. The molecular weight excluding hydrogens is 220 g/mol. The lowest BCUT2D eigenvalue weighted by molar-refractivity contribution is 0.836. The molecular formula is C11H16N4S. The van der Waals surface area contributed by atoms with E-state index >= 15 is 0 Å².